The largest absolute Gasteiger partial charge is 0.314 e. The number of nitrogens with one attached hydrogen (secondary N) is 1. The maximum Gasteiger partial charge on any atom is 0.193 e. The van der Waals surface area contributed by atoms with E-state index in [9.17, 15) is 0 Å². The molecule has 0 aromatic carbocycles. The van der Waals surface area contributed by atoms with Gasteiger partial charge in [0.2, 0.25) is 0 Å². The van der Waals surface area contributed by atoms with Crippen LogP contribution in [0.25, 0.3) is 4.96 Å². The third-order valence-electron chi connectivity index (χ3n) is 3.47. The molecule has 2 rings (SSSR count). The van der Waals surface area contributed by atoms with Crippen LogP contribution in [-0.4, -0.2) is 22.0 Å². The number of hydrogen-bond acceptors (Lipinski definition) is 3. The van der Waals surface area contributed by atoms with Crippen molar-refractivity contribution in [2.45, 2.75) is 46.1 Å². The highest BCUT2D eigenvalue weighted by Gasteiger charge is 2.17. The second kappa shape index (κ2) is 6.34. The molecule has 0 bridgehead atoms. The van der Waals surface area contributed by atoms with Crippen molar-refractivity contribution in [1.29, 1.82) is 0 Å². The predicted molar refractivity (Wildman–Crippen MR) is 78.3 cm³/mol. The lowest BCUT2D eigenvalue weighted by Gasteiger charge is -2.23. The number of fused-ring (bicyclic) bond motifs is 1. The zero-order chi connectivity index (χ0) is 13.0. The van der Waals surface area contributed by atoms with Crippen molar-refractivity contribution >= 4 is 16.3 Å². The molecule has 2 heterocycles. The van der Waals surface area contributed by atoms with Gasteiger partial charge in [-0.25, -0.2) is 4.98 Å². The molecule has 100 valence electrons. The molecule has 0 fully saturated rings. The monoisotopic (exact) mass is 265 g/mol. The second-order valence-corrected chi connectivity index (χ2v) is 5.83. The number of aromatic nitrogens is 2. The highest BCUT2D eigenvalue weighted by atomic mass is 32.1. The second-order valence-electron chi connectivity index (χ2n) is 4.96. The molecule has 2 aromatic rings. The van der Waals surface area contributed by atoms with E-state index in [-0.39, 0.29) is 0 Å². The van der Waals surface area contributed by atoms with E-state index in [1.54, 1.807) is 11.3 Å². The van der Waals surface area contributed by atoms with E-state index in [2.05, 4.69) is 53.2 Å². The van der Waals surface area contributed by atoms with Crippen LogP contribution < -0.4 is 5.32 Å². The van der Waals surface area contributed by atoms with E-state index in [0.717, 1.165) is 17.9 Å². The van der Waals surface area contributed by atoms with Crippen molar-refractivity contribution in [3.05, 3.63) is 23.5 Å². The number of nitrogens with zero attached hydrogens (tertiary/aromatic N) is 2. The first-order chi connectivity index (χ1) is 8.74. The molecule has 2 unspecified atom stereocenters. The zero-order valence-electron chi connectivity index (χ0n) is 11.5. The van der Waals surface area contributed by atoms with Gasteiger partial charge in [0, 0.05) is 30.2 Å². The predicted octanol–water partition coefficient (Wildman–Crippen LogP) is 3.35. The lowest BCUT2D eigenvalue weighted by atomic mass is 9.93. The Labute approximate surface area is 113 Å². The summed E-state index contributed by atoms with van der Waals surface area (Å²) >= 11 is 1.70. The molecule has 0 radical (unpaired) electrons. The summed E-state index contributed by atoms with van der Waals surface area (Å²) < 4.78 is 2.12. The Morgan fingerprint density at radius 2 is 2.28 bits per heavy atom. The molecule has 2 aromatic heterocycles. The summed E-state index contributed by atoms with van der Waals surface area (Å²) in [7, 11) is 0. The van der Waals surface area contributed by atoms with Crippen molar-refractivity contribution < 1.29 is 0 Å². The van der Waals surface area contributed by atoms with Crippen molar-refractivity contribution in [3.63, 3.8) is 0 Å². The molecule has 3 nitrogen and oxygen atoms in total. The molecule has 0 aliphatic carbocycles. The van der Waals surface area contributed by atoms with Crippen LogP contribution in [-0.2, 0) is 6.42 Å². The standard InChI is InChI=1S/C14H23N3S/c1-4-6-11(3)13(15-5-2)9-12-10-17-7-8-18-14(17)16-12/h7-8,10-11,13,15H,4-6,9H2,1-3H3. The highest BCUT2D eigenvalue weighted by Crippen LogP contribution is 2.17. The number of hydrogen-bond donors (Lipinski definition) is 1. The van der Waals surface area contributed by atoms with Gasteiger partial charge in [-0.15, -0.1) is 11.3 Å². The van der Waals surface area contributed by atoms with Crippen LogP contribution in [0.4, 0.5) is 0 Å². The minimum Gasteiger partial charge on any atom is -0.314 e. The molecule has 0 aliphatic heterocycles. The van der Waals surface area contributed by atoms with Crippen molar-refractivity contribution in [2.24, 2.45) is 5.92 Å². The Morgan fingerprint density at radius 1 is 1.44 bits per heavy atom. The Balaban J connectivity index is 2.05. The lowest BCUT2D eigenvalue weighted by molar-refractivity contribution is 0.356. The van der Waals surface area contributed by atoms with Crippen LogP contribution in [0.1, 0.15) is 39.3 Å². The molecule has 0 amide bonds. The fourth-order valence-electron chi connectivity index (χ4n) is 2.49. The third kappa shape index (κ3) is 3.12. The van der Waals surface area contributed by atoms with Crippen LogP contribution in [0.3, 0.4) is 0 Å². The van der Waals surface area contributed by atoms with Crippen molar-refractivity contribution in [3.8, 4) is 0 Å². The first-order valence-corrected chi connectivity index (χ1v) is 7.77. The van der Waals surface area contributed by atoms with Crippen LogP contribution >= 0.6 is 11.3 Å². The van der Waals surface area contributed by atoms with Gasteiger partial charge < -0.3 is 5.32 Å². The molecule has 0 spiro atoms. The molecular weight excluding hydrogens is 242 g/mol. The van der Waals surface area contributed by atoms with Gasteiger partial charge in [0.25, 0.3) is 0 Å². The molecule has 2 atom stereocenters. The molecule has 1 N–H and O–H groups in total. The minimum absolute atomic E-state index is 0.541. The van der Waals surface area contributed by atoms with Crippen molar-refractivity contribution in [2.75, 3.05) is 6.54 Å². The average molecular weight is 265 g/mol. The van der Waals surface area contributed by atoms with Crippen molar-refractivity contribution in [1.82, 2.24) is 14.7 Å². The first kappa shape index (κ1) is 13.6. The van der Waals surface area contributed by atoms with Gasteiger partial charge in [0.15, 0.2) is 4.96 Å². The van der Waals surface area contributed by atoms with Gasteiger partial charge >= 0.3 is 0 Å². The van der Waals surface area contributed by atoms with Crippen LogP contribution in [0.2, 0.25) is 0 Å². The van der Waals surface area contributed by atoms with Gasteiger partial charge in [-0.1, -0.05) is 27.2 Å². The number of thiazole rings is 1. The number of imidazole rings is 1. The SMILES string of the molecule is CCCC(C)C(Cc1cn2ccsc2n1)NCC. The Morgan fingerprint density at radius 3 is 2.94 bits per heavy atom. The van der Waals surface area contributed by atoms with E-state index in [1.165, 1.54) is 18.5 Å². The molecule has 0 saturated carbocycles. The summed E-state index contributed by atoms with van der Waals surface area (Å²) in [5.74, 6) is 0.703. The number of rotatable bonds is 7. The van der Waals surface area contributed by atoms with E-state index >= 15 is 0 Å². The summed E-state index contributed by atoms with van der Waals surface area (Å²) in [5.41, 5.74) is 1.20. The van der Waals surface area contributed by atoms with Gasteiger partial charge in [-0.3, -0.25) is 4.40 Å². The topological polar surface area (TPSA) is 29.3 Å². The van der Waals surface area contributed by atoms with E-state index < -0.39 is 0 Å². The lowest BCUT2D eigenvalue weighted by Crippen LogP contribution is -2.36. The summed E-state index contributed by atoms with van der Waals surface area (Å²) in [6.07, 6.45) is 7.80. The Hall–Kier alpha value is -0.870. The highest BCUT2D eigenvalue weighted by molar-refractivity contribution is 7.15. The van der Waals surface area contributed by atoms with Gasteiger partial charge in [-0.2, -0.15) is 0 Å². The van der Waals surface area contributed by atoms with Crippen LogP contribution in [0, 0.1) is 5.92 Å². The first-order valence-electron chi connectivity index (χ1n) is 6.89. The van der Waals surface area contributed by atoms with E-state index in [4.69, 9.17) is 0 Å². The average Bonchev–Trinajstić information content (AvgIpc) is 2.89. The maximum absolute atomic E-state index is 4.68. The third-order valence-corrected chi connectivity index (χ3v) is 4.24. The molecule has 4 heteroatoms. The summed E-state index contributed by atoms with van der Waals surface area (Å²) in [6, 6.07) is 0.541. The van der Waals surface area contributed by atoms with E-state index in [1.807, 2.05) is 0 Å². The number of likely N-dealkylation sites (N-methyl/N-ethyl adjacent to an activating group) is 1. The Bertz CT molecular complexity index is 446. The molecular formula is C14H23N3S. The van der Waals surface area contributed by atoms with Gasteiger partial charge in [0.1, 0.15) is 0 Å². The molecule has 0 saturated heterocycles. The maximum atomic E-state index is 4.68. The summed E-state index contributed by atoms with van der Waals surface area (Å²) in [5, 5.41) is 5.68. The normalized spacial score (nSPS) is 15.1. The quantitative estimate of drug-likeness (QED) is 0.832. The fourth-order valence-corrected chi connectivity index (χ4v) is 3.21. The zero-order valence-corrected chi connectivity index (χ0v) is 12.3. The summed E-state index contributed by atoms with van der Waals surface area (Å²) in [6.45, 7) is 7.81. The fraction of sp³-hybridized carbons (Fsp3) is 0.643. The molecule has 18 heavy (non-hydrogen) atoms. The molecule has 0 aliphatic rings. The smallest absolute Gasteiger partial charge is 0.193 e. The summed E-state index contributed by atoms with van der Waals surface area (Å²) in [4.78, 5) is 5.78. The van der Waals surface area contributed by atoms with E-state index in [0.29, 0.717) is 12.0 Å². The van der Waals surface area contributed by atoms with Gasteiger partial charge in [-0.05, 0) is 18.9 Å². The van der Waals surface area contributed by atoms with Crippen LogP contribution in [0.5, 0.6) is 0 Å². The van der Waals surface area contributed by atoms with Crippen LogP contribution in [0.15, 0.2) is 17.8 Å². The Kier molecular flexibility index (Phi) is 4.78. The minimum atomic E-state index is 0.541. The van der Waals surface area contributed by atoms with Gasteiger partial charge in [0.05, 0.1) is 5.69 Å².